The Hall–Kier alpha value is -2.18. The van der Waals surface area contributed by atoms with Crippen LogP contribution < -0.4 is 15.0 Å². The molecule has 1 aliphatic rings. The highest BCUT2D eigenvalue weighted by Crippen LogP contribution is 2.39. The molecule has 5 nitrogen and oxygen atoms in total. The number of aromatic nitrogens is 2. The Morgan fingerprint density at radius 2 is 2.04 bits per heavy atom. The van der Waals surface area contributed by atoms with Gasteiger partial charge in [0.1, 0.15) is 13.2 Å². The molecular formula is C19H17ClN2O3S. The van der Waals surface area contributed by atoms with E-state index in [1.165, 1.54) is 11.8 Å². The van der Waals surface area contributed by atoms with Crippen molar-refractivity contribution in [3.63, 3.8) is 0 Å². The Labute approximate surface area is 159 Å². The normalized spacial score (nSPS) is 13.2. The number of nitrogens with zero attached hydrogens (tertiary/aromatic N) is 2. The van der Waals surface area contributed by atoms with E-state index in [1.807, 2.05) is 43.3 Å². The van der Waals surface area contributed by atoms with Crippen LogP contribution in [0.25, 0.3) is 10.9 Å². The number of rotatable bonds is 4. The number of benzene rings is 2. The van der Waals surface area contributed by atoms with Gasteiger partial charge in [0.05, 0.1) is 15.9 Å². The Balaban J connectivity index is 1.66. The van der Waals surface area contributed by atoms with Crippen LogP contribution in [-0.2, 0) is 12.3 Å². The fourth-order valence-electron chi connectivity index (χ4n) is 2.93. The lowest BCUT2D eigenvalue weighted by molar-refractivity contribution is 0.171. The first-order valence-corrected chi connectivity index (χ1v) is 9.74. The molecule has 2 heterocycles. The number of ether oxygens (including phenoxy) is 2. The summed E-state index contributed by atoms with van der Waals surface area (Å²) in [6, 6.07) is 11.2. The number of hydrogen-bond donors (Lipinski definition) is 0. The fourth-order valence-corrected chi connectivity index (χ4v) is 4.21. The zero-order valence-corrected chi connectivity index (χ0v) is 15.8. The molecule has 0 spiro atoms. The third kappa shape index (κ3) is 3.15. The van der Waals surface area contributed by atoms with E-state index in [1.54, 1.807) is 4.57 Å². The van der Waals surface area contributed by atoms with Gasteiger partial charge in [0.25, 0.3) is 5.56 Å². The molecular weight excluding hydrogens is 372 g/mol. The summed E-state index contributed by atoms with van der Waals surface area (Å²) in [6.45, 7) is 3.54. The number of thioether (sulfide) groups is 1. The molecule has 0 aliphatic carbocycles. The lowest BCUT2D eigenvalue weighted by atomic mass is 10.2. The van der Waals surface area contributed by atoms with E-state index in [0.29, 0.717) is 58.1 Å². The van der Waals surface area contributed by atoms with Gasteiger partial charge in [-0.05, 0) is 36.8 Å². The third-order valence-corrected chi connectivity index (χ3v) is 5.50. The van der Waals surface area contributed by atoms with Gasteiger partial charge < -0.3 is 9.47 Å². The first-order chi connectivity index (χ1) is 12.7. The van der Waals surface area contributed by atoms with Crippen LogP contribution >= 0.6 is 23.4 Å². The summed E-state index contributed by atoms with van der Waals surface area (Å²) in [5.41, 5.74) is 1.69. The Bertz CT molecular complexity index is 1040. The van der Waals surface area contributed by atoms with Crippen LogP contribution in [0.15, 0.2) is 46.3 Å². The monoisotopic (exact) mass is 388 g/mol. The number of hydrogen-bond acceptors (Lipinski definition) is 5. The smallest absolute Gasteiger partial charge is 0.262 e. The summed E-state index contributed by atoms with van der Waals surface area (Å²) in [6.07, 6.45) is 0. The van der Waals surface area contributed by atoms with E-state index in [2.05, 4.69) is 4.98 Å². The van der Waals surface area contributed by atoms with E-state index in [9.17, 15) is 4.79 Å². The summed E-state index contributed by atoms with van der Waals surface area (Å²) in [5.74, 6) is 1.89. The third-order valence-electron chi connectivity index (χ3n) is 4.17. The molecule has 26 heavy (non-hydrogen) atoms. The second-order valence-electron chi connectivity index (χ2n) is 5.85. The van der Waals surface area contributed by atoms with Crippen LogP contribution in [0.5, 0.6) is 11.5 Å². The van der Waals surface area contributed by atoms with Crippen molar-refractivity contribution in [3.05, 3.63) is 57.3 Å². The van der Waals surface area contributed by atoms with Gasteiger partial charge in [0.2, 0.25) is 0 Å². The van der Waals surface area contributed by atoms with Gasteiger partial charge in [-0.25, -0.2) is 4.98 Å². The summed E-state index contributed by atoms with van der Waals surface area (Å²) in [7, 11) is 0. The molecule has 7 heteroatoms. The highest BCUT2D eigenvalue weighted by atomic mass is 35.5. The van der Waals surface area contributed by atoms with E-state index in [-0.39, 0.29) is 5.56 Å². The Morgan fingerprint density at radius 1 is 1.23 bits per heavy atom. The van der Waals surface area contributed by atoms with Gasteiger partial charge in [-0.1, -0.05) is 35.5 Å². The van der Waals surface area contributed by atoms with Crippen molar-refractivity contribution in [2.24, 2.45) is 0 Å². The Kier molecular flexibility index (Phi) is 4.78. The van der Waals surface area contributed by atoms with Crippen molar-refractivity contribution >= 4 is 34.3 Å². The average molecular weight is 389 g/mol. The molecule has 0 bridgehead atoms. The minimum atomic E-state index is -0.0131. The standard InChI is InChI=1S/C19H17ClN2O3S/c1-2-22-18(23)13-5-3-4-6-15(13)21-19(22)26-11-12-9-14(20)17-16(10-12)24-7-8-25-17/h3-6,9-10H,2,7-8,11H2,1H3. The van der Waals surface area contributed by atoms with Gasteiger partial charge >= 0.3 is 0 Å². The van der Waals surface area contributed by atoms with Crippen molar-refractivity contribution in [1.82, 2.24) is 9.55 Å². The molecule has 1 aromatic heterocycles. The zero-order valence-electron chi connectivity index (χ0n) is 14.2. The second-order valence-corrected chi connectivity index (χ2v) is 7.20. The molecule has 2 aromatic carbocycles. The van der Waals surface area contributed by atoms with Crippen LogP contribution in [-0.4, -0.2) is 22.8 Å². The molecule has 0 amide bonds. The molecule has 0 fully saturated rings. The molecule has 134 valence electrons. The van der Waals surface area contributed by atoms with Crippen molar-refractivity contribution < 1.29 is 9.47 Å². The number of halogens is 1. The van der Waals surface area contributed by atoms with Gasteiger partial charge in [0.15, 0.2) is 16.7 Å². The van der Waals surface area contributed by atoms with E-state index in [0.717, 1.165) is 5.56 Å². The first kappa shape index (κ1) is 17.2. The van der Waals surface area contributed by atoms with Crippen LogP contribution in [0.1, 0.15) is 12.5 Å². The molecule has 0 saturated heterocycles. The topological polar surface area (TPSA) is 53.4 Å². The van der Waals surface area contributed by atoms with Crippen molar-refractivity contribution in [3.8, 4) is 11.5 Å². The van der Waals surface area contributed by atoms with Crippen LogP contribution in [0.4, 0.5) is 0 Å². The zero-order chi connectivity index (χ0) is 18.1. The lowest BCUT2D eigenvalue weighted by Gasteiger charge is -2.20. The minimum absolute atomic E-state index is 0.0131. The van der Waals surface area contributed by atoms with Crippen molar-refractivity contribution in [1.29, 1.82) is 0 Å². The van der Waals surface area contributed by atoms with E-state index < -0.39 is 0 Å². The van der Waals surface area contributed by atoms with Crippen molar-refractivity contribution in [2.75, 3.05) is 13.2 Å². The molecule has 0 unspecified atom stereocenters. The maximum Gasteiger partial charge on any atom is 0.262 e. The van der Waals surface area contributed by atoms with Gasteiger partial charge in [0, 0.05) is 12.3 Å². The highest BCUT2D eigenvalue weighted by Gasteiger charge is 2.17. The molecule has 4 rings (SSSR count). The maximum absolute atomic E-state index is 12.7. The molecule has 3 aromatic rings. The SMILES string of the molecule is CCn1c(SCc2cc(Cl)c3c(c2)OCCO3)nc2ccccc2c1=O. The first-order valence-electron chi connectivity index (χ1n) is 8.37. The summed E-state index contributed by atoms with van der Waals surface area (Å²) < 4.78 is 12.9. The molecule has 1 aliphatic heterocycles. The largest absolute Gasteiger partial charge is 0.486 e. The van der Waals surface area contributed by atoms with Crippen LogP contribution in [0, 0.1) is 0 Å². The lowest BCUT2D eigenvalue weighted by Crippen LogP contribution is -2.22. The molecule has 0 atom stereocenters. The van der Waals surface area contributed by atoms with Gasteiger partial charge in [-0.15, -0.1) is 0 Å². The summed E-state index contributed by atoms with van der Waals surface area (Å²) in [4.78, 5) is 17.4. The summed E-state index contributed by atoms with van der Waals surface area (Å²) >= 11 is 7.82. The van der Waals surface area contributed by atoms with Gasteiger partial charge in [-0.3, -0.25) is 9.36 Å². The summed E-state index contributed by atoms with van der Waals surface area (Å²) in [5, 5.41) is 1.88. The number of fused-ring (bicyclic) bond motifs is 2. The van der Waals surface area contributed by atoms with E-state index >= 15 is 0 Å². The van der Waals surface area contributed by atoms with E-state index in [4.69, 9.17) is 21.1 Å². The molecule has 0 N–H and O–H groups in total. The van der Waals surface area contributed by atoms with Crippen molar-refractivity contribution in [2.45, 2.75) is 24.4 Å². The molecule has 0 radical (unpaired) electrons. The van der Waals surface area contributed by atoms with Crippen LogP contribution in [0.3, 0.4) is 0 Å². The predicted octanol–water partition coefficient (Wildman–Crippen LogP) is 4.13. The quantitative estimate of drug-likeness (QED) is 0.496. The second kappa shape index (κ2) is 7.21. The molecule has 0 saturated carbocycles. The minimum Gasteiger partial charge on any atom is -0.486 e. The maximum atomic E-state index is 12.7. The predicted molar refractivity (Wildman–Crippen MR) is 104 cm³/mol. The highest BCUT2D eigenvalue weighted by molar-refractivity contribution is 7.98. The number of para-hydroxylation sites is 1. The van der Waals surface area contributed by atoms with Gasteiger partial charge in [-0.2, -0.15) is 0 Å². The van der Waals surface area contributed by atoms with Crippen LogP contribution in [0.2, 0.25) is 5.02 Å². The fraction of sp³-hybridized carbons (Fsp3) is 0.263. The average Bonchev–Trinajstić information content (AvgIpc) is 2.66. The Morgan fingerprint density at radius 3 is 2.88 bits per heavy atom.